The van der Waals surface area contributed by atoms with Gasteiger partial charge < -0.3 is 37.3 Å². The third-order valence-electron chi connectivity index (χ3n) is 0. The summed E-state index contributed by atoms with van der Waals surface area (Å²) in [4.78, 5) is 8.89. The second kappa shape index (κ2) is 62.3. The molecule has 0 heterocycles. The molecule has 9 heteroatoms. The number of carbonyl (C=O) groups excluding carboxylic acids is 1. The van der Waals surface area contributed by atoms with Crippen LogP contribution in [0.3, 0.4) is 0 Å². The molecule has 0 aliphatic carbocycles. The summed E-state index contributed by atoms with van der Waals surface area (Å²) < 4.78 is 0. The van der Waals surface area contributed by atoms with Gasteiger partial charge in [-0.2, -0.15) is 0 Å². The van der Waals surface area contributed by atoms with E-state index < -0.39 is 5.97 Å². The van der Waals surface area contributed by atoms with E-state index in [9.17, 15) is 0 Å². The SMILES string of the molecule is CC(=O)[O-].O.O.O.[Ca+2].[Na+].[OH-].[OH-]. The van der Waals surface area contributed by atoms with Crippen molar-refractivity contribution in [1.82, 2.24) is 0 Å². The van der Waals surface area contributed by atoms with Crippen LogP contribution in [0.15, 0.2) is 0 Å². The number of carboxylic acids is 1. The minimum atomic E-state index is -1.08. The Morgan fingerprint density at radius 1 is 1.09 bits per heavy atom. The summed E-state index contributed by atoms with van der Waals surface area (Å²) in [6, 6.07) is 0. The molecule has 7 nitrogen and oxygen atoms in total. The maximum Gasteiger partial charge on any atom is 2.00 e. The van der Waals surface area contributed by atoms with Crippen LogP contribution in [0.4, 0.5) is 0 Å². The van der Waals surface area contributed by atoms with E-state index in [4.69, 9.17) is 9.90 Å². The molecule has 0 aromatic rings. The van der Waals surface area contributed by atoms with Crippen molar-refractivity contribution in [2.45, 2.75) is 6.92 Å². The molecular weight excluding hydrogens is 199 g/mol. The number of hydrogen-bond acceptors (Lipinski definition) is 4. The van der Waals surface area contributed by atoms with Crippen LogP contribution in [0.2, 0.25) is 0 Å². The third kappa shape index (κ3) is 447. The van der Waals surface area contributed by atoms with Gasteiger partial charge in [-0.05, 0) is 6.92 Å². The van der Waals surface area contributed by atoms with Gasteiger partial charge in [0.2, 0.25) is 0 Å². The summed E-state index contributed by atoms with van der Waals surface area (Å²) in [6.07, 6.45) is 0. The fraction of sp³-hybridized carbons (Fsp3) is 0.500. The van der Waals surface area contributed by atoms with Crippen LogP contribution in [0, 0.1) is 0 Å². The molecule has 0 fully saturated rings. The third-order valence-corrected chi connectivity index (χ3v) is 0. The van der Waals surface area contributed by atoms with Crippen molar-refractivity contribution in [3.05, 3.63) is 0 Å². The fourth-order valence-corrected chi connectivity index (χ4v) is 0. The van der Waals surface area contributed by atoms with Gasteiger partial charge in [0.05, 0.1) is 0 Å². The topological polar surface area (TPSA) is 195 Å². The molecule has 0 aliphatic heterocycles. The largest absolute Gasteiger partial charge is 2.00 e. The smallest absolute Gasteiger partial charge is 0.870 e. The normalized spacial score (nSPS) is 2.27. The Morgan fingerprint density at radius 2 is 1.09 bits per heavy atom. The first kappa shape index (κ1) is 81.2. The Morgan fingerprint density at radius 3 is 1.09 bits per heavy atom. The van der Waals surface area contributed by atoms with Crippen LogP contribution in [-0.4, -0.2) is 71.1 Å². The zero-order valence-corrected chi connectivity index (χ0v) is 10.6. The molecule has 0 aromatic heterocycles. The van der Waals surface area contributed by atoms with Gasteiger partial charge in [-0.15, -0.1) is 0 Å². The molecule has 0 spiro atoms. The summed E-state index contributed by atoms with van der Waals surface area (Å²) in [5.41, 5.74) is 0. The Kier molecular flexibility index (Phi) is 460. The van der Waals surface area contributed by atoms with E-state index in [1.807, 2.05) is 0 Å². The van der Waals surface area contributed by atoms with Crippen LogP contribution in [0.5, 0.6) is 0 Å². The number of aliphatic carboxylic acids is 1. The van der Waals surface area contributed by atoms with E-state index in [1.54, 1.807) is 0 Å². The predicted molar refractivity (Wildman–Crippen MR) is 31.1 cm³/mol. The second-order valence-corrected chi connectivity index (χ2v) is 0.492. The van der Waals surface area contributed by atoms with Crippen LogP contribution in [0.1, 0.15) is 6.92 Å². The van der Waals surface area contributed by atoms with E-state index in [2.05, 4.69) is 0 Å². The van der Waals surface area contributed by atoms with Gasteiger partial charge in [0, 0.05) is 5.97 Å². The van der Waals surface area contributed by atoms with E-state index in [0.717, 1.165) is 6.92 Å². The summed E-state index contributed by atoms with van der Waals surface area (Å²) in [6.45, 7) is 0.972. The Hall–Kier alpha value is 1.53. The molecule has 0 saturated heterocycles. The summed E-state index contributed by atoms with van der Waals surface area (Å²) in [5.74, 6) is -1.08. The molecule has 0 saturated carbocycles. The molecule has 0 unspecified atom stereocenters. The minimum absolute atomic E-state index is 0. The van der Waals surface area contributed by atoms with Gasteiger partial charge in [-0.3, -0.25) is 0 Å². The molecule has 8 N–H and O–H groups in total. The molecular formula is C2H11CaNaO7. The maximum atomic E-state index is 8.89. The van der Waals surface area contributed by atoms with E-state index >= 15 is 0 Å². The van der Waals surface area contributed by atoms with Gasteiger partial charge in [-0.1, -0.05) is 0 Å². The molecule has 0 radical (unpaired) electrons. The number of rotatable bonds is 0. The summed E-state index contributed by atoms with van der Waals surface area (Å²) in [7, 11) is 0. The fourth-order valence-electron chi connectivity index (χ4n) is 0. The summed E-state index contributed by atoms with van der Waals surface area (Å²) >= 11 is 0. The van der Waals surface area contributed by atoms with Gasteiger partial charge in [0.15, 0.2) is 0 Å². The number of carboxylic acid groups (broad SMARTS) is 1. The molecule has 0 bridgehead atoms. The van der Waals surface area contributed by atoms with Gasteiger partial charge in [-0.25, -0.2) is 0 Å². The van der Waals surface area contributed by atoms with Crippen molar-refractivity contribution in [1.29, 1.82) is 0 Å². The van der Waals surface area contributed by atoms with Gasteiger partial charge in [0.25, 0.3) is 0 Å². The summed E-state index contributed by atoms with van der Waals surface area (Å²) in [5, 5.41) is 8.89. The predicted octanol–water partition coefficient (Wildman–Crippen LogP) is -7.45. The first-order chi connectivity index (χ1) is 1.73. The first-order valence-corrected chi connectivity index (χ1v) is 0.908. The van der Waals surface area contributed by atoms with E-state index in [0.29, 0.717) is 0 Å². The van der Waals surface area contributed by atoms with Crippen molar-refractivity contribution < 1.29 is 66.8 Å². The minimum Gasteiger partial charge on any atom is -0.870 e. The van der Waals surface area contributed by atoms with E-state index in [-0.39, 0.29) is 94.7 Å². The number of hydrogen-bond donors (Lipinski definition) is 0. The van der Waals surface area contributed by atoms with Crippen molar-refractivity contribution >= 4 is 43.7 Å². The zero-order chi connectivity index (χ0) is 3.58. The molecule has 0 rings (SSSR count). The van der Waals surface area contributed by atoms with Crippen molar-refractivity contribution in [2.75, 3.05) is 0 Å². The second-order valence-electron chi connectivity index (χ2n) is 0.492. The van der Waals surface area contributed by atoms with Gasteiger partial charge in [0.1, 0.15) is 0 Å². The van der Waals surface area contributed by atoms with E-state index in [1.165, 1.54) is 0 Å². The molecule has 64 valence electrons. The molecule has 0 amide bonds. The Balaban J connectivity index is -0.00000000214. The standard InChI is InChI=1S/C2H4O2.Ca.Na.5H2O/c1-2(3)4;;;;;;;/h1H3,(H,3,4);;;5*1H2/q;+2;+1;;;;;/p-3. The first-order valence-electron chi connectivity index (χ1n) is 0.908. The van der Waals surface area contributed by atoms with Crippen LogP contribution >= 0.6 is 0 Å². The van der Waals surface area contributed by atoms with Crippen LogP contribution in [0.25, 0.3) is 0 Å². The molecule has 0 atom stereocenters. The Bertz CT molecular complexity index is 39.4. The van der Waals surface area contributed by atoms with Crippen molar-refractivity contribution in [3.63, 3.8) is 0 Å². The van der Waals surface area contributed by atoms with Crippen molar-refractivity contribution in [2.24, 2.45) is 0 Å². The average Bonchev–Trinajstić information content (AvgIpc) is 0.811. The maximum absolute atomic E-state index is 8.89. The van der Waals surface area contributed by atoms with Crippen LogP contribution in [-0.2, 0) is 4.79 Å². The quantitative estimate of drug-likeness (QED) is 0.358. The number of carbonyl (C=O) groups is 1. The monoisotopic (exact) mass is 210 g/mol. The molecule has 11 heavy (non-hydrogen) atoms. The Labute approximate surface area is 116 Å². The average molecular weight is 210 g/mol. The van der Waals surface area contributed by atoms with Gasteiger partial charge >= 0.3 is 67.3 Å². The zero-order valence-electron chi connectivity index (χ0n) is 6.42. The molecule has 0 aromatic carbocycles. The molecule has 0 aliphatic rings. The van der Waals surface area contributed by atoms with Crippen LogP contribution < -0.4 is 34.7 Å². The van der Waals surface area contributed by atoms with Crippen molar-refractivity contribution in [3.8, 4) is 0 Å².